The molecule has 5 atom stereocenters. The molecule has 0 fully saturated rings. The van der Waals surface area contributed by atoms with E-state index in [4.69, 9.17) is 37.0 Å². The van der Waals surface area contributed by atoms with Crippen LogP contribution >= 0.6 is 15.6 Å². The van der Waals surface area contributed by atoms with Crippen molar-refractivity contribution in [3.05, 3.63) is 134 Å². The van der Waals surface area contributed by atoms with Crippen molar-refractivity contribution in [3.63, 3.8) is 0 Å². The van der Waals surface area contributed by atoms with Crippen molar-refractivity contribution in [2.75, 3.05) is 39.6 Å². The lowest BCUT2D eigenvalue weighted by atomic mass is 10.1. The molecule has 0 aromatic heterocycles. The molecular formula is C85H144O17P2. The molecule has 3 N–H and O–H groups in total. The van der Waals surface area contributed by atoms with Gasteiger partial charge in [0.25, 0.3) is 0 Å². The number of hydrogen-bond donors (Lipinski definition) is 3. The smallest absolute Gasteiger partial charge is 0.462 e. The second-order valence-corrected chi connectivity index (χ2v) is 29.5. The van der Waals surface area contributed by atoms with Gasteiger partial charge in [-0.15, -0.1) is 0 Å². The van der Waals surface area contributed by atoms with E-state index in [0.29, 0.717) is 32.1 Å². The van der Waals surface area contributed by atoms with E-state index in [1.54, 1.807) is 0 Å². The van der Waals surface area contributed by atoms with Crippen molar-refractivity contribution >= 4 is 39.5 Å². The minimum Gasteiger partial charge on any atom is -0.462 e. The second-order valence-electron chi connectivity index (χ2n) is 26.6. The summed E-state index contributed by atoms with van der Waals surface area (Å²) in [5.41, 5.74) is 0. The van der Waals surface area contributed by atoms with Gasteiger partial charge >= 0.3 is 39.5 Å². The normalized spacial score (nSPS) is 14.6. The fraction of sp³-hybridized carbons (Fsp3) is 0.694. The number of ether oxygens (including phenoxy) is 4. The van der Waals surface area contributed by atoms with E-state index in [0.717, 1.165) is 161 Å². The molecule has 0 aliphatic rings. The molecule has 0 heterocycles. The lowest BCUT2D eigenvalue weighted by Crippen LogP contribution is -2.30. The van der Waals surface area contributed by atoms with Gasteiger partial charge in [0.2, 0.25) is 0 Å². The predicted octanol–water partition coefficient (Wildman–Crippen LogP) is 23.7. The van der Waals surface area contributed by atoms with E-state index in [1.165, 1.54) is 77.0 Å². The molecule has 0 aliphatic carbocycles. The summed E-state index contributed by atoms with van der Waals surface area (Å²) in [7, 11) is -9.99. The standard InChI is InChI=1S/C85H144O17P2/c1-5-9-13-17-21-25-29-33-37-39-43-46-50-54-58-62-66-70-83(88)96-76-81(102-85(90)72-68-64-60-56-52-48-44-40-38-34-30-26-22-18-14-10-6-2)78-100-104(93,94)98-74-79(86)73-97-103(91,92)99-77-80(101-84(89)71-67-63-59-55-51-47-42-36-32-28-24-20-16-12-8-4)75-95-82(87)69-65-61-57-53-49-45-41-35-31-27-23-19-15-11-7-3/h9,13,21,23-25,27-28,33-38,41-44,46,48,56,60,79-81,86H,5-8,10-12,14-20,22,26,29-32,39-40,45,47,49-55,57-59,61-78H2,1-4H3,(H,91,92)(H,93,94). The average Bonchev–Trinajstić information content (AvgIpc) is 0.926. The second kappa shape index (κ2) is 76.4. The Labute approximate surface area is 631 Å². The van der Waals surface area contributed by atoms with Crippen LogP contribution in [0.3, 0.4) is 0 Å². The number of rotatable bonds is 75. The summed E-state index contributed by atoms with van der Waals surface area (Å²) in [6, 6.07) is 0. The lowest BCUT2D eigenvalue weighted by Gasteiger charge is -2.21. The Morgan fingerprint density at radius 3 is 0.827 bits per heavy atom. The van der Waals surface area contributed by atoms with E-state index in [1.807, 2.05) is 12.2 Å². The van der Waals surface area contributed by atoms with Crippen LogP contribution in [0.5, 0.6) is 0 Å². The Morgan fingerprint density at radius 1 is 0.279 bits per heavy atom. The van der Waals surface area contributed by atoms with Gasteiger partial charge < -0.3 is 33.8 Å². The Bertz CT molecular complexity index is 2490. The number of phosphoric ester groups is 2. The highest BCUT2D eigenvalue weighted by atomic mass is 31.2. The highest BCUT2D eigenvalue weighted by Gasteiger charge is 2.30. The van der Waals surface area contributed by atoms with Crippen molar-refractivity contribution in [2.24, 2.45) is 0 Å². The summed E-state index contributed by atoms with van der Waals surface area (Å²) in [5, 5.41) is 10.6. The van der Waals surface area contributed by atoms with Gasteiger partial charge in [-0.2, -0.15) is 0 Å². The van der Waals surface area contributed by atoms with Crippen molar-refractivity contribution in [1.82, 2.24) is 0 Å². The molecule has 0 saturated carbocycles. The number of aliphatic hydroxyl groups excluding tert-OH is 1. The molecule has 0 aliphatic heterocycles. The van der Waals surface area contributed by atoms with Crippen molar-refractivity contribution in [3.8, 4) is 0 Å². The van der Waals surface area contributed by atoms with Gasteiger partial charge in [-0.25, -0.2) is 9.13 Å². The molecule has 0 radical (unpaired) electrons. The van der Waals surface area contributed by atoms with Crippen LogP contribution in [-0.2, 0) is 65.4 Å². The Kier molecular flexibility index (Phi) is 72.9. The summed E-state index contributed by atoms with van der Waals surface area (Å²) in [6.45, 7) is 4.60. The molecule has 0 bridgehead atoms. The van der Waals surface area contributed by atoms with Crippen molar-refractivity contribution < 1.29 is 80.2 Å². The van der Waals surface area contributed by atoms with E-state index >= 15 is 0 Å². The van der Waals surface area contributed by atoms with E-state index in [2.05, 4.69) is 149 Å². The summed E-state index contributed by atoms with van der Waals surface area (Å²) < 4.78 is 68.5. The molecule has 0 saturated heterocycles. The Hall–Kier alpha value is -4.80. The fourth-order valence-electron chi connectivity index (χ4n) is 10.4. The topological polar surface area (TPSA) is 237 Å². The van der Waals surface area contributed by atoms with Gasteiger partial charge in [-0.1, -0.05) is 271 Å². The zero-order valence-electron chi connectivity index (χ0n) is 65.2. The van der Waals surface area contributed by atoms with Crippen molar-refractivity contribution in [1.29, 1.82) is 0 Å². The van der Waals surface area contributed by atoms with Crippen LogP contribution in [0, 0.1) is 0 Å². The molecule has 0 aromatic rings. The molecule has 19 heteroatoms. The van der Waals surface area contributed by atoms with Crippen LogP contribution in [0.1, 0.15) is 323 Å². The molecule has 104 heavy (non-hydrogen) atoms. The first-order chi connectivity index (χ1) is 50.7. The first-order valence-corrected chi connectivity index (χ1v) is 43.4. The van der Waals surface area contributed by atoms with Gasteiger partial charge in [0.15, 0.2) is 12.2 Å². The number of esters is 4. The molecule has 0 amide bonds. The number of carbonyl (C=O) groups is 4. The average molecular weight is 1500 g/mol. The maximum absolute atomic E-state index is 13.1. The lowest BCUT2D eigenvalue weighted by molar-refractivity contribution is -0.161. The maximum Gasteiger partial charge on any atom is 0.472 e. The van der Waals surface area contributed by atoms with Crippen LogP contribution in [0.15, 0.2) is 134 Å². The first-order valence-electron chi connectivity index (χ1n) is 40.4. The quantitative estimate of drug-likeness (QED) is 0.0169. The number of unbranched alkanes of at least 4 members (excludes halogenated alkanes) is 27. The Balaban J connectivity index is 5.46. The summed E-state index contributed by atoms with van der Waals surface area (Å²) in [5.74, 6) is -2.29. The number of aliphatic hydroxyl groups is 1. The van der Waals surface area contributed by atoms with E-state index in [-0.39, 0.29) is 25.7 Å². The highest BCUT2D eigenvalue weighted by Crippen LogP contribution is 2.45. The Morgan fingerprint density at radius 2 is 0.510 bits per heavy atom. The number of carbonyl (C=O) groups excluding carboxylic acids is 4. The van der Waals surface area contributed by atoms with Crippen LogP contribution in [0.4, 0.5) is 0 Å². The maximum atomic E-state index is 13.1. The molecular weight excluding hydrogens is 1350 g/mol. The minimum absolute atomic E-state index is 0.0142. The zero-order chi connectivity index (χ0) is 76.0. The number of allylic oxidation sites excluding steroid dienone is 22. The van der Waals surface area contributed by atoms with Crippen LogP contribution in [-0.4, -0.2) is 96.7 Å². The third-order valence-corrected chi connectivity index (χ3v) is 18.5. The van der Waals surface area contributed by atoms with Crippen LogP contribution in [0.25, 0.3) is 0 Å². The summed E-state index contributed by atoms with van der Waals surface area (Å²) >= 11 is 0. The first kappa shape index (κ1) is 99.2. The fourth-order valence-corrected chi connectivity index (χ4v) is 12.0. The number of hydrogen-bond acceptors (Lipinski definition) is 15. The van der Waals surface area contributed by atoms with Gasteiger partial charge in [0, 0.05) is 25.7 Å². The monoisotopic (exact) mass is 1500 g/mol. The highest BCUT2D eigenvalue weighted by molar-refractivity contribution is 7.47. The molecule has 5 unspecified atom stereocenters. The molecule has 0 spiro atoms. The largest absolute Gasteiger partial charge is 0.472 e. The third-order valence-electron chi connectivity index (χ3n) is 16.6. The van der Waals surface area contributed by atoms with Gasteiger partial charge in [-0.05, 0) is 161 Å². The molecule has 0 rings (SSSR count). The predicted molar refractivity (Wildman–Crippen MR) is 427 cm³/mol. The minimum atomic E-state index is -5.00. The third kappa shape index (κ3) is 75.4. The van der Waals surface area contributed by atoms with Gasteiger partial charge in [0.05, 0.1) is 26.4 Å². The molecule has 0 aromatic carbocycles. The van der Waals surface area contributed by atoms with Gasteiger partial charge in [-0.3, -0.25) is 37.3 Å². The van der Waals surface area contributed by atoms with E-state index < -0.39 is 97.5 Å². The van der Waals surface area contributed by atoms with E-state index in [9.17, 15) is 43.2 Å². The molecule has 17 nitrogen and oxygen atoms in total. The zero-order valence-corrected chi connectivity index (χ0v) is 66.9. The molecule has 596 valence electrons. The summed E-state index contributed by atoms with van der Waals surface area (Å²) in [4.78, 5) is 73.0. The van der Waals surface area contributed by atoms with Crippen molar-refractivity contribution in [2.45, 2.75) is 341 Å². The van der Waals surface area contributed by atoms with Crippen LogP contribution < -0.4 is 0 Å². The summed E-state index contributed by atoms with van der Waals surface area (Å²) in [6.07, 6.45) is 85.7. The van der Waals surface area contributed by atoms with Crippen LogP contribution in [0.2, 0.25) is 0 Å². The number of phosphoric acid groups is 2. The SMILES string of the molecule is CCC=CCC=CCC=CCC=CCCCCCCC(=O)OCC(COP(=O)(O)OCC(O)COP(=O)(O)OCC(COC(=O)CCCCCCCC=CCC=CCCCCC)OC(=O)CCCCCCCC=CCC=CCCCCC)OC(=O)CCCC=CCC=CCC=CCCCCCCCC. The van der Waals surface area contributed by atoms with Gasteiger partial charge in [0.1, 0.15) is 19.3 Å².